The van der Waals surface area contributed by atoms with Crippen molar-refractivity contribution in [3.05, 3.63) is 0 Å². The van der Waals surface area contributed by atoms with E-state index < -0.39 is 0 Å². The van der Waals surface area contributed by atoms with Crippen molar-refractivity contribution in [1.29, 1.82) is 0 Å². The average Bonchev–Trinajstić information content (AvgIpc) is 3.02. The molecule has 0 saturated carbocycles. The second-order valence-electron chi connectivity index (χ2n) is 8.02. The summed E-state index contributed by atoms with van der Waals surface area (Å²) in [5, 5.41) is 0. The number of nitrogens with zero attached hydrogens (tertiary/aromatic N) is 4. The fourth-order valence-electron chi connectivity index (χ4n) is 3.12. The molecule has 0 amide bonds. The Hall–Kier alpha value is -1.06. The third-order valence-electron chi connectivity index (χ3n) is 4.87. The van der Waals surface area contributed by atoms with Gasteiger partial charge in [-0.05, 0) is 39.5 Å². The van der Waals surface area contributed by atoms with Crippen LogP contribution in [0.1, 0.15) is 55.4 Å². The number of hydrogen-bond donors (Lipinski definition) is 0. The van der Waals surface area contributed by atoms with Gasteiger partial charge >= 0.3 is 0 Å². The summed E-state index contributed by atoms with van der Waals surface area (Å²) in [5.41, 5.74) is 0. The largest absolute Gasteiger partial charge is 0.349 e. The quantitative estimate of drug-likeness (QED) is 0.780. The van der Waals surface area contributed by atoms with Crippen LogP contribution in [0, 0.1) is 11.8 Å². The first-order valence-corrected chi connectivity index (χ1v) is 8.91. The lowest BCUT2D eigenvalue weighted by Gasteiger charge is -2.31. The Kier molecular flexibility index (Phi) is 5.18. The molecule has 2 atom stereocenters. The summed E-state index contributed by atoms with van der Waals surface area (Å²) in [4.78, 5) is 15.0. The number of aliphatic imine (C=N–C) groups is 2. The van der Waals surface area contributed by atoms with Gasteiger partial charge in [-0.2, -0.15) is 0 Å². The van der Waals surface area contributed by atoms with Crippen molar-refractivity contribution in [3.63, 3.8) is 0 Å². The lowest BCUT2D eigenvalue weighted by atomic mass is 10.1. The monoisotopic (exact) mass is 306 g/mol. The maximum Gasteiger partial charge on any atom is 0.167 e. The average molecular weight is 306 g/mol. The van der Waals surface area contributed by atoms with Gasteiger partial charge in [-0.3, -0.25) is 9.98 Å². The Balaban J connectivity index is 2.36. The first-order chi connectivity index (χ1) is 10.2. The highest BCUT2D eigenvalue weighted by molar-refractivity contribution is 6.41. The van der Waals surface area contributed by atoms with Crippen LogP contribution in [0.2, 0.25) is 0 Å². The Morgan fingerprint density at radius 3 is 1.23 bits per heavy atom. The van der Waals surface area contributed by atoms with Gasteiger partial charge in [0.15, 0.2) is 11.7 Å². The predicted molar refractivity (Wildman–Crippen MR) is 95.8 cm³/mol. The molecule has 0 radical (unpaired) electrons. The van der Waals surface area contributed by atoms with E-state index in [0.29, 0.717) is 36.0 Å². The van der Waals surface area contributed by atoms with Gasteiger partial charge in [0.05, 0.1) is 12.1 Å². The minimum absolute atomic E-state index is 0.396. The summed E-state index contributed by atoms with van der Waals surface area (Å²) in [6.45, 7) is 20.2. The van der Waals surface area contributed by atoms with Gasteiger partial charge in [0, 0.05) is 25.2 Å². The van der Waals surface area contributed by atoms with Crippen molar-refractivity contribution in [3.8, 4) is 0 Å². The van der Waals surface area contributed by atoms with Gasteiger partial charge in [0.2, 0.25) is 0 Å². The summed E-state index contributed by atoms with van der Waals surface area (Å²) in [6.07, 6.45) is 0. The first kappa shape index (κ1) is 17.3. The van der Waals surface area contributed by atoms with Crippen molar-refractivity contribution >= 4 is 11.7 Å². The molecule has 2 aliphatic rings. The third kappa shape index (κ3) is 3.31. The molecule has 0 N–H and O–H groups in total. The van der Waals surface area contributed by atoms with Gasteiger partial charge in [0.1, 0.15) is 0 Å². The fraction of sp³-hybridized carbons (Fsp3) is 0.889. The minimum Gasteiger partial charge on any atom is -0.349 e. The molecular weight excluding hydrogens is 272 g/mol. The van der Waals surface area contributed by atoms with Crippen LogP contribution in [0.4, 0.5) is 0 Å². The van der Waals surface area contributed by atoms with E-state index in [-0.39, 0.29) is 0 Å². The van der Waals surface area contributed by atoms with Gasteiger partial charge in [0.25, 0.3) is 0 Å². The molecule has 22 heavy (non-hydrogen) atoms. The lowest BCUT2D eigenvalue weighted by Crippen LogP contribution is -2.47. The Morgan fingerprint density at radius 1 is 0.682 bits per heavy atom. The van der Waals surface area contributed by atoms with Crippen molar-refractivity contribution in [2.24, 2.45) is 21.8 Å². The van der Waals surface area contributed by atoms with E-state index in [0.717, 1.165) is 24.8 Å². The number of amidine groups is 2. The highest BCUT2D eigenvalue weighted by atomic mass is 15.4. The predicted octanol–water partition coefficient (Wildman–Crippen LogP) is 3.28. The van der Waals surface area contributed by atoms with Gasteiger partial charge < -0.3 is 9.80 Å². The van der Waals surface area contributed by atoms with Crippen LogP contribution in [0.5, 0.6) is 0 Å². The summed E-state index contributed by atoms with van der Waals surface area (Å²) in [6, 6.07) is 1.73. The standard InChI is InChI=1S/C18H34N4/c1-11(2)15-9-21(13(5)6)17(19-15)18-20-16(12(3)4)10-22(18)14(7)8/h11-16H,9-10H2,1-8H3/t15-,16-/m1/s1. The Labute approximate surface area is 136 Å². The molecule has 4 nitrogen and oxygen atoms in total. The van der Waals surface area contributed by atoms with Crippen LogP contribution >= 0.6 is 0 Å². The molecule has 4 heteroatoms. The Bertz CT molecular complexity index is 406. The van der Waals surface area contributed by atoms with Crippen molar-refractivity contribution in [1.82, 2.24) is 9.80 Å². The van der Waals surface area contributed by atoms with Crippen LogP contribution in [0.25, 0.3) is 0 Å². The first-order valence-electron chi connectivity index (χ1n) is 8.91. The molecule has 2 heterocycles. The summed E-state index contributed by atoms with van der Waals surface area (Å²) in [5.74, 6) is 3.42. The van der Waals surface area contributed by atoms with E-state index in [4.69, 9.17) is 9.98 Å². The molecule has 2 aliphatic heterocycles. The number of hydrogen-bond acceptors (Lipinski definition) is 4. The number of rotatable bonds is 5. The maximum atomic E-state index is 5.07. The molecule has 0 saturated heterocycles. The van der Waals surface area contributed by atoms with E-state index in [1.165, 1.54) is 0 Å². The summed E-state index contributed by atoms with van der Waals surface area (Å²) in [7, 11) is 0. The third-order valence-corrected chi connectivity index (χ3v) is 4.87. The van der Waals surface area contributed by atoms with Gasteiger partial charge in [-0.1, -0.05) is 27.7 Å². The fourth-order valence-corrected chi connectivity index (χ4v) is 3.12. The molecule has 0 aromatic carbocycles. The van der Waals surface area contributed by atoms with E-state index in [9.17, 15) is 0 Å². The molecule has 126 valence electrons. The van der Waals surface area contributed by atoms with E-state index >= 15 is 0 Å². The van der Waals surface area contributed by atoms with Crippen LogP contribution in [0.15, 0.2) is 9.98 Å². The van der Waals surface area contributed by atoms with Crippen LogP contribution in [-0.4, -0.2) is 58.7 Å². The SMILES string of the molecule is CC(C)[C@H]1CN(C(C)C)C(C2=N[C@@H](C(C)C)CN2C(C)C)=N1. The molecule has 0 aromatic rings. The van der Waals surface area contributed by atoms with Gasteiger partial charge in [-0.25, -0.2) is 0 Å². The topological polar surface area (TPSA) is 31.2 Å². The highest BCUT2D eigenvalue weighted by Crippen LogP contribution is 2.25. The molecule has 0 bridgehead atoms. The molecule has 0 unspecified atom stereocenters. The summed E-state index contributed by atoms with van der Waals surface area (Å²) < 4.78 is 0. The van der Waals surface area contributed by atoms with E-state index in [2.05, 4.69) is 65.2 Å². The zero-order valence-electron chi connectivity index (χ0n) is 15.7. The molecule has 0 aliphatic carbocycles. The second kappa shape index (κ2) is 6.59. The minimum atomic E-state index is 0.396. The zero-order chi connectivity index (χ0) is 16.6. The van der Waals surface area contributed by atoms with E-state index in [1.807, 2.05) is 0 Å². The Morgan fingerprint density at radius 2 is 1.00 bits per heavy atom. The maximum absolute atomic E-state index is 5.07. The molecule has 0 fully saturated rings. The zero-order valence-corrected chi connectivity index (χ0v) is 15.7. The molecular formula is C18H34N4. The highest BCUT2D eigenvalue weighted by Gasteiger charge is 2.38. The van der Waals surface area contributed by atoms with Crippen LogP contribution < -0.4 is 0 Å². The normalized spacial score (nSPS) is 26.0. The smallest absolute Gasteiger partial charge is 0.167 e. The second-order valence-corrected chi connectivity index (χ2v) is 8.02. The molecule has 0 spiro atoms. The van der Waals surface area contributed by atoms with Crippen LogP contribution in [0.3, 0.4) is 0 Å². The van der Waals surface area contributed by atoms with Crippen molar-refractivity contribution < 1.29 is 0 Å². The molecule has 2 rings (SSSR count). The summed E-state index contributed by atoms with van der Waals surface area (Å²) >= 11 is 0. The van der Waals surface area contributed by atoms with E-state index in [1.54, 1.807) is 0 Å². The van der Waals surface area contributed by atoms with Crippen molar-refractivity contribution in [2.45, 2.75) is 79.6 Å². The molecule has 0 aromatic heterocycles. The lowest BCUT2D eigenvalue weighted by molar-refractivity contribution is 0.321. The van der Waals surface area contributed by atoms with Gasteiger partial charge in [-0.15, -0.1) is 0 Å². The van der Waals surface area contributed by atoms with Crippen LogP contribution in [-0.2, 0) is 0 Å². The van der Waals surface area contributed by atoms with Crippen molar-refractivity contribution in [2.75, 3.05) is 13.1 Å².